The van der Waals surface area contributed by atoms with Gasteiger partial charge >= 0.3 is 0 Å². The Morgan fingerprint density at radius 3 is 3.08 bits per heavy atom. The van der Waals surface area contributed by atoms with Crippen molar-refractivity contribution in [3.63, 3.8) is 0 Å². The van der Waals surface area contributed by atoms with Gasteiger partial charge in [-0.3, -0.25) is 0 Å². The van der Waals surface area contributed by atoms with Crippen molar-refractivity contribution in [3.05, 3.63) is 17.5 Å². The molecule has 0 aliphatic heterocycles. The van der Waals surface area contributed by atoms with E-state index in [0.717, 1.165) is 37.6 Å². The number of nitrogens with zero attached hydrogens (tertiary/aromatic N) is 1. The average Bonchev–Trinajstić information content (AvgIpc) is 2.51. The highest BCUT2D eigenvalue weighted by Crippen LogP contribution is 2.00. The average molecular weight is 184 g/mol. The van der Waals surface area contributed by atoms with Crippen molar-refractivity contribution in [2.24, 2.45) is 0 Å². The molecular weight excluding hydrogens is 168 g/mol. The molecule has 0 atom stereocenters. The Kier molecular flexibility index (Phi) is 4.49. The molecule has 1 rings (SSSR count). The van der Waals surface area contributed by atoms with Crippen LogP contribution >= 0.6 is 0 Å². The predicted octanol–water partition coefficient (Wildman–Crippen LogP) is 1.11. The van der Waals surface area contributed by atoms with E-state index in [9.17, 15) is 0 Å². The van der Waals surface area contributed by atoms with Gasteiger partial charge in [0.1, 0.15) is 0 Å². The lowest BCUT2D eigenvalue weighted by Crippen LogP contribution is -2.15. The second kappa shape index (κ2) is 5.72. The SMILES string of the molecule is COCCCNCc1cc(C)no1. The summed E-state index contributed by atoms with van der Waals surface area (Å²) >= 11 is 0. The molecule has 1 aromatic rings. The Balaban J connectivity index is 2.06. The van der Waals surface area contributed by atoms with E-state index < -0.39 is 0 Å². The molecule has 13 heavy (non-hydrogen) atoms. The second-order valence-electron chi connectivity index (χ2n) is 2.96. The highest BCUT2D eigenvalue weighted by Gasteiger charge is 1.98. The fourth-order valence-electron chi connectivity index (χ4n) is 1.05. The van der Waals surface area contributed by atoms with E-state index in [1.807, 2.05) is 13.0 Å². The minimum atomic E-state index is 0.741. The van der Waals surface area contributed by atoms with Gasteiger partial charge in [0.15, 0.2) is 5.76 Å². The molecule has 0 saturated carbocycles. The minimum Gasteiger partial charge on any atom is -0.385 e. The van der Waals surface area contributed by atoms with Crippen molar-refractivity contribution >= 4 is 0 Å². The highest BCUT2D eigenvalue weighted by molar-refractivity contribution is 5.02. The maximum Gasteiger partial charge on any atom is 0.150 e. The summed E-state index contributed by atoms with van der Waals surface area (Å²) in [7, 11) is 1.71. The molecule has 0 spiro atoms. The molecule has 1 heterocycles. The zero-order valence-corrected chi connectivity index (χ0v) is 8.17. The maximum atomic E-state index is 5.03. The normalized spacial score (nSPS) is 10.6. The molecule has 4 heteroatoms. The third kappa shape index (κ3) is 4.05. The van der Waals surface area contributed by atoms with E-state index in [4.69, 9.17) is 9.26 Å². The van der Waals surface area contributed by atoms with Crippen LogP contribution in [0, 0.1) is 6.92 Å². The fourth-order valence-corrected chi connectivity index (χ4v) is 1.05. The first-order valence-electron chi connectivity index (χ1n) is 4.45. The molecule has 4 nitrogen and oxygen atoms in total. The van der Waals surface area contributed by atoms with Crippen molar-refractivity contribution in [3.8, 4) is 0 Å². The molecule has 0 aromatic carbocycles. The van der Waals surface area contributed by atoms with Gasteiger partial charge < -0.3 is 14.6 Å². The van der Waals surface area contributed by atoms with Gasteiger partial charge in [-0.05, 0) is 19.9 Å². The summed E-state index contributed by atoms with van der Waals surface area (Å²) in [5.74, 6) is 0.884. The van der Waals surface area contributed by atoms with E-state index in [1.165, 1.54) is 0 Å². The van der Waals surface area contributed by atoms with Gasteiger partial charge in [-0.1, -0.05) is 5.16 Å². The van der Waals surface area contributed by atoms with Gasteiger partial charge in [0, 0.05) is 19.8 Å². The third-order valence-corrected chi connectivity index (χ3v) is 1.68. The van der Waals surface area contributed by atoms with Crippen LogP contribution in [-0.4, -0.2) is 25.4 Å². The lowest BCUT2D eigenvalue weighted by Gasteiger charge is -2.00. The van der Waals surface area contributed by atoms with E-state index >= 15 is 0 Å². The molecule has 0 amide bonds. The van der Waals surface area contributed by atoms with Crippen LogP contribution in [0.1, 0.15) is 17.9 Å². The molecule has 1 N–H and O–H groups in total. The monoisotopic (exact) mass is 184 g/mol. The number of aryl methyl sites for hydroxylation is 1. The molecule has 0 aliphatic carbocycles. The summed E-state index contributed by atoms with van der Waals surface area (Å²) in [5, 5.41) is 7.03. The molecule has 0 saturated heterocycles. The largest absolute Gasteiger partial charge is 0.385 e. The molecule has 1 aromatic heterocycles. The zero-order chi connectivity index (χ0) is 9.52. The van der Waals surface area contributed by atoms with Crippen molar-refractivity contribution in [2.75, 3.05) is 20.3 Å². The Morgan fingerprint density at radius 1 is 1.62 bits per heavy atom. The van der Waals surface area contributed by atoms with Crippen LogP contribution in [0.2, 0.25) is 0 Å². The first-order chi connectivity index (χ1) is 6.33. The molecule has 74 valence electrons. The number of methoxy groups -OCH3 is 1. The van der Waals surface area contributed by atoms with Gasteiger partial charge in [0.2, 0.25) is 0 Å². The van der Waals surface area contributed by atoms with Crippen LogP contribution in [0.5, 0.6) is 0 Å². The third-order valence-electron chi connectivity index (χ3n) is 1.68. The Morgan fingerprint density at radius 2 is 2.46 bits per heavy atom. The van der Waals surface area contributed by atoms with Crippen LogP contribution in [-0.2, 0) is 11.3 Å². The molecule has 0 bridgehead atoms. The van der Waals surface area contributed by atoms with Gasteiger partial charge in [0.25, 0.3) is 0 Å². The van der Waals surface area contributed by atoms with Crippen molar-refractivity contribution in [1.29, 1.82) is 0 Å². The van der Waals surface area contributed by atoms with E-state index in [0.29, 0.717) is 0 Å². The van der Waals surface area contributed by atoms with E-state index in [-0.39, 0.29) is 0 Å². The minimum absolute atomic E-state index is 0.741. The molecule has 0 radical (unpaired) electrons. The summed E-state index contributed by atoms with van der Waals surface area (Å²) in [6, 6.07) is 1.93. The van der Waals surface area contributed by atoms with Crippen molar-refractivity contribution < 1.29 is 9.26 Å². The summed E-state index contributed by atoms with van der Waals surface area (Å²) < 4.78 is 9.95. The number of ether oxygens (including phenoxy) is 1. The van der Waals surface area contributed by atoms with Crippen LogP contribution < -0.4 is 5.32 Å². The van der Waals surface area contributed by atoms with E-state index in [2.05, 4.69) is 10.5 Å². The van der Waals surface area contributed by atoms with Gasteiger partial charge in [-0.15, -0.1) is 0 Å². The lowest BCUT2D eigenvalue weighted by molar-refractivity contribution is 0.194. The number of hydrogen-bond donors (Lipinski definition) is 1. The molecule has 0 aliphatic rings. The smallest absolute Gasteiger partial charge is 0.150 e. The number of nitrogens with one attached hydrogen (secondary N) is 1. The Bertz CT molecular complexity index is 235. The molecule has 0 unspecified atom stereocenters. The Labute approximate surface area is 78.2 Å². The summed E-state index contributed by atoms with van der Waals surface area (Å²) in [6.07, 6.45) is 1.02. The predicted molar refractivity (Wildman–Crippen MR) is 49.4 cm³/mol. The number of hydrogen-bond acceptors (Lipinski definition) is 4. The quantitative estimate of drug-likeness (QED) is 0.673. The first-order valence-corrected chi connectivity index (χ1v) is 4.45. The van der Waals surface area contributed by atoms with E-state index in [1.54, 1.807) is 7.11 Å². The van der Waals surface area contributed by atoms with Crippen LogP contribution in [0.15, 0.2) is 10.6 Å². The van der Waals surface area contributed by atoms with Crippen molar-refractivity contribution in [2.45, 2.75) is 19.9 Å². The van der Waals surface area contributed by atoms with Crippen molar-refractivity contribution in [1.82, 2.24) is 10.5 Å². The molecular formula is C9H16N2O2. The van der Waals surface area contributed by atoms with Gasteiger partial charge in [0.05, 0.1) is 12.2 Å². The lowest BCUT2D eigenvalue weighted by atomic mass is 10.3. The van der Waals surface area contributed by atoms with Crippen LogP contribution in [0.25, 0.3) is 0 Å². The second-order valence-corrected chi connectivity index (χ2v) is 2.96. The summed E-state index contributed by atoms with van der Waals surface area (Å²) in [4.78, 5) is 0. The number of aromatic nitrogens is 1. The topological polar surface area (TPSA) is 47.3 Å². The highest BCUT2D eigenvalue weighted by atomic mass is 16.5. The summed E-state index contributed by atoms with van der Waals surface area (Å²) in [6.45, 7) is 4.39. The van der Waals surface area contributed by atoms with Crippen LogP contribution in [0.4, 0.5) is 0 Å². The maximum absolute atomic E-state index is 5.03. The van der Waals surface area contributed by atoms with Crippen LogP contribution in [0.3, 0.4) is 0 Å². The fraction of sp³-hybridized carbons (Fsp3) is 0.667. The zero-order valence-electron chi connectivity index (χ0n) is 8.17. The standard InChI is InChI=1S/C9H16N2O2/c1-8-6-9(13-11-8)7-10-4-3-5-12-2/h6,10H,3-5,7H2,1-2H3. The number of rotatable bonds is 6. The molecule has 0 fully saturated rings. The van der Waals surface area contributed by atoms with Gasteiger partial charge in [-0.2, -0.15) is 0 Å². The van der Waals surface area contributed by atoms with Gasteiger partial charge in [-0.25, -0.2) is 0 Å². The Hall–Kier alpha value is -0.870. The first kappa shape index (κ1) is 10.2. The summed E-state index contributed by atoms with van der Waals surface area (Å²) in [5.41, 5.74) is 0.925.